The summed E-state index contributed by atoms with van der Waals surface area (Å²) in [5.41, 5.74) is 0.968. The molecule has 0 atom stereocenters. The lowest BCUT2D eigenvalue weighted by Crippen LogP contribution is -2.32. The average molecular weight is 270 g/mol. The molecule has 0 bridgehead atoms. The minimum absolute atomic E-state index is 0.289. The standard InChI is InChI=1S/C14H24ClN3/c1-7-11(8-2)18(6)14-10(5)12(15)16-13(17-14)9(3)4/h9,11H,7-8H2,1-6H3. The van der Waals surface area contributed by atoms with Crippen molar-refractivity contribution in [2.75, 3.05) is 11.9 Å². The van der Waals surface area contributed by atoms with Gasteiger partial charge in [-0.1, -0.05) is 39.3 Å². The second kappa shape index (κ2) is 6.37. The summed E-state index contributed by atoms with van der Waals surface area (Å²) in [4.78, 5) is 11.3. The van der Waals surface area contributed by atoms with E-state index < -0.39 is 0 Å². The molecule has 102 valence electrons. The Morgan fingerprint density at radius 3 is 2.17 bits per heavy atom. The fourth-order valence-corrected chi connectivity index (χ4v) is 2.28. The monoisotopic (exact) mass is 269 g/mol. The minimum atomic E-state index is 0.289. The van der Waals surface area contributed by atoms with Crippen LogP contribution < -0.4 is 4.90 Å². The van der Waals surface area contributed by atoms with Crippen LogP contribution in [0.15, 0.2) is 0 Å². The predicted octanol–water partition coefficient (Wildman–Crippen LogP) is 4.19. The van der Waals surface area contributed by atoms with Crippen molar-refractivity contribution in [1.82, 2.24) is 9.97 Å². The van der Waals surface area contributed by atoms with Crippen molar-refractivity contribution < 1.29 is 0 Å². The average Bonchev–Trinajstić information content (AvgIpc) is 2.33. The lowest BCUT2D eigenvalue weighted by atomic mass is 10.1. The maximum Gasteiger partial charge on any atom is 0.137 e. The highest BCUT2D eigenvalue weighted by atomic mass is 35.5. The van der Waals surface area contributed by atoms with Crippen molar-refractivity contribution in [3.63, 3.8) is 0 Å². The van der Waals surface area contributed by atoms with Gasteiger partial charge >= 0.3 is 0 Å². The minimum Gasteiger partial charge on any atom is -0.356 e. The van der Waals surface area contributed by atoms with Gasteiger partial charge in [-0.2, -0.15) is 0 Å². The molecule has 1 rings (SSSR count). The molecule has 0 N–H and O–H groups in total. The molecule has 0 unspecified atom stereocenters. The molecule has 0 radical (unpaired) electrons. The van der Waals surface area contributed by atoms with E-state index in [-0.39, 0.29) is 5.92 Å². The summed E-state index contributed by atoms with van der Waals surface area (Å²) in [6.07, 6.45) is 2.20. The fourth-order valence-electron chi connectivity index (χ4n) is 2.10. The van der Waals surface area contributed by atoms with E-state index in [1.807, 2.05) is 6.92 Å². The highest BCUT2D eigenvalue weighted by molar-refractivity contribution is 6.30. The smallest absolute Gasteiger partial charge is 0.137 e. The first-order valence-electron chi connectivity index (χ1n) is 6.69. The second-order valence-electron chi connectivity index (χ2n) is 5.06. The molecule has 0 saturated carbocycles. The van der Waals surface area contributed by atoms with Crippen LogP contribution in [0.2, 0.25) is 5.15 Å². The molecule has 0 spiro atoms. The van der Waals surface area contributed by atoms with Crippen LogP contribution in [0.25, 0.3) is 0 Å². The number of anilines is 1. The molecule has 0 aliphatic carbocycles. The van der Waals surface area contributed by atoms with Crippen LogP contribution in [-0.4, -0.2) is 23.1 Å². The van der Waals surface area contributed by atoms with Crippen LogP contribution in [0.3, 0.4) is 0 Å². The number of rotatable bonds is 5. The highest BCUT2D eigenvalue weighted by Crippen LogP contribution is 2.27. The van der Waals surface area contributed by atoms with Gasteiger partial charge in [-0.05, 0) is 19.8 Å². The Balaban J connectivity index is 3.21. The SMILES string of the molecule is CCC(CC)N(C)c1nc(C(C)C)nc(Cl)c1C. The zero-order chi connectivity index (χ0) is 13.9. The van der Waals surface area contributed by atoms with Gasteiger partial charge < -0.3 is 4.90 Å². The van der Waals surface area contributed by atoms with Crippen LogP contribution >= 0.6 is 11.6 Å². The summed E-state index contributed by atoms with van der Waals surface area (Å²) >= 11 is 6.22. The normalized spacial score (nSPS) is 11.4. The van der Waals surface area contributed by atoms with Crippen molar-refractivity contribution in [1.29, 1.82) is 0 Å². The predicted molar refractivity (Wildman–Crippen MR) is 78.6 cm³/mol. The molecule has 4 heteroatoms. The third-order valence-electron chi connectivity index (χ3n) is 3.42. The van der Waals surface area contributed by atoms with Gasteiger partial charge in [-0.3, -0.25) is 0 Å². The van der Waals surface area contributed by atoms with Crippen molar-refractivity contribution in [3.05, 3.63) is 16.5 Å². The molecule has 0 aliphatic rings. The van der Waals surface area contributed by atoms with E-state index in [1.54, 1.807) is 0 Å². The quantitative estimate of drug-likeness (QED) is 0.751. The molecular formula is C14H24ClN3. The van der Waals surface area contributed by atoms with Gasteiger partial charge in [-0.15, -0.1) is 0 Å². The molecule has 1 heterocycles. The van der Waals surface area contributed by atoms with E-state index in [1.165, 1.54) is 0 Å². The largest absolute Gasteiger partial charge is 0.356 e. The zero-order valence-electron chi connectivity index (χ0n) is 12.3. The van der Waals surface area contributed by atoms with Crippen LogP contribution in [0, 0.1) is 6.92 Å². The third-order valence-corrected chi connectivity index (χ3v) is 3.79. The Morgan fingerprint density at radius 1 is 1.17 bits per heavy atom. The topological polar surface area (TPSA) is 29.0 Å². The first kappa shape index (κ1) is 15.2. The zero-order valence-corrected chi connectivity index (χ0v) is 13.0. The van der Waals surface area contributed by atoms with E-state index in [0.29, 0.717) is 11.2 Å². The Labute approximate surface area is 116 Å². The highest BCUT2D eigenvalue weighted by Gasteiger charge is 2.18. The van der Waals surface area contributed by atoms with Gasteiger partial charge in [-0.25, -0.2) is 9.97 Å². The molecule has 0 aromatic carbocycles. The Hall–Kier alpha value is -0.830. The van der Waals surface area contributed by atoms with Gasteiger partial charge in [0.05, 0.1) is 0 Å². The summed E-state index contributed by atoms with van der Waals surface area (Å²) in [5, 5.41) is 0.571. The van der Waals surface area contributed by atoms with Gasteiger partial charge in [0.15, 0.2) is 0 Å². The summed E-state index contributed by atoms with van der Waals surface area (Å²) in [5.74, 6) is 2.07. The number of halogens is 1. The summed E-state index contributed by atoms with van der Waals surface area (Å²) in [6.45, 7) is 10.6. The fraction of sp³-hybridized carbons (Fsp3) is 0.714. The summed E-state index contributed by atoms with van der Waals surface area (Å²) in [7, 11) is 2.09. The van der Waals surface area contributed by atoms with Crippen LogP contribution in [0.4, 0.5) is 5.82 Å². The Bertz CT molecular complexity index is 400. The van der Waals surface area contributed by atoms with E-state index in [0.717, 1.165) is 30.0 Å². The number of nitrogens with zero attached hydrogens (tertiary/aromatic N) is 3. The van der Waals surface area contributed by atoms with Crippen LogP contribution in [-0.2, 0) is 0 Å². The molecular weight excluding hydrogens is 246 g/mol. The molecule has 0 amide bonds. The molecule has 1 aromatic rings. The third kappa shape index (κ3) is 3.14. The number of hydrogen-bond acceptors (Lipinski definition) is 3. The molecule has 3 nitrogen and oxygen atoms in total. The van der Waals surface area contributed by atoms with E-state index in [9.17, 15) is 0 Å². The summed E-state index contributed by atoms with van der Waals surface area (Å²) in [6, 6.07) is 0.495. The maximum absolute atomic E-state index is 6.22. The first-order chi connectivity index (χ1) is 8.42. The number of hydrogen-bond donors (Lipinski definition) is 0. The molecule has 18 heavy (non-hydrogen) atoms. The summed E-state index contributed by atoms with van der Waals surface area (Å²) < 4.78 is 0. The van der Waals surface area contributed by atoms with Crippen molar-refractivity contribution in [3.8, 4) is 0 Å². The Morgan fingerprint density at radius 2 is 1.72 bits per heavy atom. The van der Waals surface area contributed by atoms with Crippen LogP contribution in [0.1, 0.15) is 57.8 Å². The van der Waals surface area contributed by atoms with Crippen LogP contribution in [0.5, 0.6) is 0 Å². The molecule has 0 aliphatic heterocycles. The second-order valence-corrected chi connectivity index (χ2v) is 5.42. The van der Waals surface area contributed by atoms with E-state index in [2.05, 4.69) is 49.6 Å². The van der Waals surface area contributed by atoms with Gasteiger partial charge in [0.2, 0.25) is 0 Å². The van der Waals surface area contributed by atoms with Crippen molar-refractivity contribution in [2.45, 2.75) is 59.4 Å². The molecule has 0 saturated heterocycles. The van der Waals surface area contributed by atoms with Gasteiger partial charge in [0.1, 0.15) is 16.8 Å². The van der Waals surface area contributed by atoms with E-state index in [4.69, 9.17) is 11.6 Å². The molecule has 0 fully saturated rings. The van der Waals surface area contributed by atoms with Crippen molar-refractivity contribution >= 4 is 17.4 Å². The van der Waals surface area contributed by atoms with Gasteiger partial charge in [0.25, 0.3) is 0 Å². The lowest BCUT2D eigenvalue weighted by Gasteiger charge is -2.29. The van der Waals surface area contributed by atoms with Crippen molar-refractivity contribution in [2.24, 2.45) is 0 Å². The van der Waals surface area contributed by atoms with E-state index >= 15 is 0 Å². The number of aromatic nitrogens is 2. The van der Waals surface area contributed by atoms with Gasteiger partial charge in [0, 0.05) is 24.6 Å². The lowest BCUT2D eigenvalue weighted by molar-refractivity contribution is 0.582. The maximum atomic E-state index is 6.22. The molecule has 1 aromatic heterocycles. The first-order valence-corrected chi connectivity index (χ1v) is 7.06. The Kier molecular flexibility index (Phi) is 5.39.